The fourth-order valence-corrected chi connectivity index (χ4v) is 1.13. The van der Waals surface area contributed by atoms with Gasteiger partial charge in [0, 0.05) is 11.8 Å². The standard InChI is InChI=1S/C11H10FN3O3/c1-18-9-6-7(2-3-8(9)12)15-11(17)10(16)14-5-4-13/h2-3,6H,5H2,1H3,(H,14,16)(H,15,17). The van der Waals surface area contributed by atoms with Gasteiger partial charge >= 0.3 is 11.8 Å². The Balaban J connectivity index is 2.70. The summed E-state index contributed by atoms with van der Waals surface area (Å²) in [4.78, 5) is 22.5. The summed E-state index contributed by atoms with van der Waals surface area (Å²) in [6.45, 7) is -0.265. The normalized spacial score (nSPS) is 9.17. The summed E-state index contributed by atoms with van der Waals surface area (Å²) in [5, 5.41) is 12.6. The first-order valence-corrected chi connectivity index (χ1v) is 4.88. The van der Waals surface area contributed by atoms with Gasteiger partial charge in [0.1, 0.15) is 6.54 Å². The van der Waals surface area contributed by atoms with Crippen molar-refractivity contribution in [3.63, 3.8) is 0 Å². The maximum absolute atomic E-state index is 13.1. The number of benzene rings is 1. The first-order valence-electron chi connectivity index (χ1n) is 4.88. The van der Waals surface area contributed by atoms with Crippen molar-refractivity contribution < 1.29 is 18.7 Å². The lowest BCUT2D eigenvalue weighted by molar-refractivity contribution is -0.136. The highest BCUT2D eigenvalue weighted by molar-refractivity contribution is 6.39. The lowest BCUT2D eigenvalue weighted by Crippen LogP contribution is -2.35. The third kappa shape index (κ3) is 3.45. The molecule has 0 aliphatic heterocycles. The number of nitrogens with one attached hydrogen (secondary N) is 2. The SMILES string of the molecule is COc1cc(NC(=O)C(=O)NCC#N)ccc1F. The summed E-state index contributed by atoms with van der Waals surface area (Å²) in [7, 11) is 1.28. The quantitative estimate of drug-likeness (QED) is 0.601. The van der Waals surface area contributed by atoms with Crippen LogP contribution in [-0.4, -0.2) is 25.5 Å². The summed E-state index contributed by atoms with van der Waals surface area (Å²) >= 11 is 0. The van der Waals surface area contributed by atoms with E-state index < -0.39 is 17.6 Å². The molecule has 2 N–H and O–H groups in total. The van der Waals surface area contributed by atoms with E-state index in [0.29, 0.717) is 0 Å². The van der Waals surface area contributed by atoms with E-state index in [9.17, 15) is 14.0 Å². The fraction of sp³-hybridized carbons (Fsp3) is 0.182. The van der Waals surface area contributed by atoms with Gasteiger partial charge in [-0.05, 0) is 12.1 Å². The summed E-state index contributed by atoms with van der Waals surface area (Å²) in [5.41, 5.74) is 0.213. The zero-order valence-corrected chi connectivity index (χ0v) is 9.49. The highest BCUT2D eigenvalue weighted by atomic mass is 19.1. The van der Waals surface area contributed by atoms with Crippen molar-refractivity contribution in [2.45, 2.75) is 0 Å². The van der Waals surface area contributed by atoms with Gasteiger partial charge in [-0.3, -0.25) is 9.59 Å². The van der Waals surface area contributed by atoms with Gasteiger partial charge in [0.05, 0.1) is 13.2 Å². The lowest BCUT2D eigenvalue weighted by Gasteiger charge is -2.07. The minimum Gasteiger partial charge on any atom is -0.494 e. The van der Waals surface area contributed by atoms with E-state index in [4.69, 9.17) is 10.00 Å². The average molecular weight is 251 g/mol. The van der Waals surface area contributed by atoms with Crippen LogP contribution in [0.4, 0.5) is 10.1 Å². The van der Waals surface area contributed by atoms with Crippen molar-refractivity contribution in [1.82, 2.24) is 5.32 Å². The Morgan fingerprint density at radius 1 is 1.44 bits per heavy atom. The molecule has 0 unspecified atom stereocenters. The number of anilines is 1. The summed E-state index contributed by atoms with van der Waals surface area (Å²) in [5.74, 6) is -2.52. The zero-order chi connectivity index (χ0) is 13.5. The number of nitriles is 1. The predicted octanol–water partition coefficient (Wildman–Crippen LogP) is 0.413. The molecule has 0 radical (unpaired) electrons. The molecule has 0 saturated carbocycles. The molecule has 7 heteroatoms. The first kappa shape index (κ1) is 13.4. The Labute approximate surface area is 102 Å². The number of carbonyl (C=O) groups is 2. The maximum Gasteiger partial charge on any atom is 0.313 e. The van der Waals surface area contributed by atoms with Crippen molar-refractivity contribution in [2.24, 2.45) is 0 Å². The number of ether oxygens (including phenoxy) is 1. The topological polar surface area (TPSA) is 91.2 Å². The Morgan fingerprint density at radius 2 is 2.17 bits per heavy atom. The van der Waals surface area contributed by atoms with Crippen molar-refractivity contribution >= 4 is 17.5 Å². The molecule has 0 spiro atoms. The first-order chi connectivity index (χ1) is 8.58. The fourth-order valence-electron chi connectivity index (χ4n) is 1.13. The predicted molar refractivity (Wildman–Crippen MR) is 60.2 cm³/mol. The van der Waals surface area contributed by atoms with Crippen LogP contribution in [0.2, 0.25) is 0 Å². The van der Waals surface area contributed by atoms with Crippen molar-refractivity contribution in [3.8, 4) is 11.8 Å². The molecule has 18 heavy (non-hydrogen) atoms. The van der Waals surface area contributed by atoms with E-state index in [2.05, 4.69) is 10.6 Å². The van der Waals surface area contributed by atoms with Crippen molar-refractivity contribution in [2.75, 3.05) is 19.0 Å². The molecule has 0 atom stereocenters. The molecule has 0 aliphatic carbocycles. The second-order valence-corrected chi connectivity index (χ2v) is 3.14. The van der Waals surface area contributed by atoms with Crippen LogP contribution >= 0.6 is 0 Å². The Kier molecular flexibility index (Phi) is 4.63. The number of carbonyl (C=O) groups excluding carboxylic acids is 2. The third-order valence-corrected chi connectivity index (χ3v) is 1.94. The molecule has 0 saturated heterocycles. The monoisotopic (exact) mass is 251 g/mol. The maximum atomic E-state index is 13.1. The summed E-state index contributed by atoms with van der Waals surface area (Å²) < 4.78 is 17.8. The minimum atomic E-state index is -0.945. The summed E-state index contributed by atoms with van der Waals surface area (Å²) in [6.07, 6.45) is 0. The van der Waals surface area contributed by atoms with E-state index in [1.807, 2.05) is 0 Å². The molecule has 94 valence electrons. The summed E-state index contributed by atoms with van der Waals surface area (Å²) in [6, 6.07) is 5.29. The van der Waals surface area contributed by atoms with Crippen molar-refractivity contribution in [1.29, 1.82) is 5.26 Å². The number of amides is 2. The zero-order valence-electron chi connectivity index (χ0n) is 9.49. The molecule has 0 fully saturated rings. The van der Waals surface area contributed by atoms with Crippen LogP contribution < -0.4 is 15.4 Å². The molecule has 0 aromatic heterocycles. The second kappa shape index (κ2) is 6.20. The number of hydrogen-bond acceptors (Lipinski definition) is 4. The number of methoxy groups -OCH3 is 1. The molecular weight excluding hydrogens is 241 g/mol. The van der Waals surface area contributed by atoms with Gasteiger partial charge in [0.25, 0.3) is 0 Å². The largest absolute Gasteiger partial charge is 0.494 e. The number of nitrogens with zero attached hydrogens (tertiary/aromatic N) is 1. The smallest absolute Gasteiger partial charge is 0.313 e. The van der Waals surface area contributed by atoms with Gasteiger partial charge in [-0.1, -0.05) is 0 Å². The second-order valence-electron chi connectivity index (χ2n) is 3.14. The van der Waals surface area contributed by atoms with Crippen LogP contribution in [-0.2, 0) is 9.59 Å². The van der Waals surface area contributed by atoms with Gasteiger partial charge in [-0.25, -0.2) is 4.39 Å². The lowest BCUT2D eigenvalue weighted by atomic mass is 10.3. The van der Waals surface area contributed by atoms with Gasteiger partial charge in [-0.2, -0.15) is 5.26 Å². The van der Waals surface area contributed by atoms with Gasteiger partial charge in [0.2, 0.25) is 0 Å². The van der Waals surface area contributed by atoms with E-state index in [-0.39, 0.29) is 18.0 Å². The molecule has 0 heterocycles. The van der Waals surface area contributed by atoms with Crippen LogP contribution in [0.5, 0.6) is 5.75 Å². The third-order valence-electron chi connectivity index (χ3n) is 1.94. The molecule has 1 rings (SSSR count). The molecular formula is C11H10FN3O3. The van der Waals surface area contributed by atoms with Gasteiger partial charge in [-0.15, -0.1) is 0 Å². The number of hydrogen-bond donors (Lipinski definition) is 2. The van der Waals surface area contributed by atoms with E-state index in [1.54, 1.807) is 6.07 Å². The van der Waals surface area contributed by atoms with Gasteiger partial charge < -0.3 is 15.4 Å². The molecule has 0 bridgehead atoms. The van der Waals surface area contributed by atoms with Crippen LogP contribution in [0.25, 0.3) is 0 Å². The molecule has 1 aromatic carbocycles. The number of rotatable bonds is 3. The average Bonchev–Trinajstić information content (AvgIpc) is 2.37. The van der Waals surface area contributed by atoms with Crippen LogP contribution in [0, 0.1) is 17.1 Å². The van der Waals surface area contributed by atoms with E-state index in [0.717, 1.165) is 6.07 Å². The van der Waals surface area contributed by atoms with Crippen LogP contribution in [0.1, 0.15) is 0 Å². The molecule has 2 amide bonds. The molecule has 0 aliphatic rings. The molecule has 6 nitrogen and oxygen atoms in total. The van der Waals surface area contributed by atoms with Crippen molar-refractivity contribution in [3.05, 3.63) is 24.0 Å². The van der Waals surface area contributed by atoms with E-state index >= 15 is 0 Å². The van der Waals surface area contributed by atoms with Crippen LogP contribution in [0.3, 0.4) is 0 Å². The Bertz CT molecular complexity index is 511. The Hall–Kier alpha value is -2.62. The highest BCUT2D eigenvalue weighted by Crippen LogP contribution is 2.21. The number of halogens is 1. The minimum absolute atomic E-state index is 0.0507. The molecule has 1 aromatic rings. The van der Waals surface area contributed by atoms with Crippen LogP contribution in [0.15, 0.2) is 18.2 Å². The highest BCUT2D eigenvalue weighted by Gasteiger charge is 2.13. The Morgan fingerprint density at radius 3 is 2.78 bits per heavy atom. The van der Waals surface area contributed by atoms with E-state index in [1.165, 1.54) is 19.2 Å². The van der Waals surface area contributed by atoms with Gasteiger partial charge in [0.15, 0.2) is 11.6 Å².